The number of methoxy groups -OCH3 is 1. The predicted octanol–water partition coefficient (Wildman–Crippen LogP) is 6.29. The molecule has 0 bridgehead atoms. The SMILES string of the molecule is COC(=O)[C@]12CCC(C)(C)C[C@H]1C1=CC[C@@H]3[C@@]4(C)CCC(O)[C@@](C)(CO)[C@@H]4CC[C@@]3(C)[C@]1(C)CC2. The van der Waals surface area contributed by atoms with Crippen LogP contribution < -0.4 is 0 Å². The zero-order valence-corrected chi connectivity index (χ0v) is 23.4. The number of aliphatic hydroxyl groups excluding tert-OH is 2. The molecule has 4 fully saturated rings. The molecule has 0 aromatic carbocycles. The van der Waals surface area contributed by atoms with E-state index in [1.807, 2.05) is 0 Å². The lowest BCUT2D eigenvalue weighted by atomic mass is 9.33. The van der Waals surface area contributed by atoms with Crippen LogP contribution in [0, 0.1) is 50.2 Å². The van der Waals surface area contributed by atoms with Crippen LogP contribution >= 0.6 is 0 Å². The molecule has 5 aliphatic rings. The number of hydrogen-bond acceptors (Lipinski definition) is 4. The second-order valence-electron chi connectivity index (χ2n) is 15.1. The molecule has 0 aliphatic heterocycles. The third-order valence-corrected chi connectivity index (χ3v) is 13.3. The lowest BCUT2D eigenvalue weighted by molar-refractivity contribution is -0.216. The van der Waals surface area contributed by atoms with Gasteiger partial charge in [0.2, 0.25) is 0 Å². The molecule has 4 nitrogen and oxygen atoms in total. The fourth-order valence-corrected chi connectivity index (χ4v) is 10.8. The van der Waals surface area contributed by atoms with Crippen molar-refractivity contribution in [1.82, 2.24) is 0 Å². The van der Waals surface area contributed by atoms with Crippen LogP contribution in [0.2, 0.25) is 0 Å². The highest BCUT2D eigenvalue weighted by Gasteiger charge is 2.69. The van der Waals surface area contributed by atoms with Crippen molar-refractivity contribution in [2.75, 3.05) is 13.7 Å². The number of carbonyl (C=O) groups is 1. The smallest absolute Gasteiger partial charge is 0.312 e. The highest BCUT2D eigenvalue weighted by Crippen LogP contribution is 2.75. The van der Waals surface area contributed by atoms with Crippen LogP contribution in [0.15, 0.2) is 11.6 Å². The summed E-state index contributed by atoms with van der Waals surface area (Å²) in [6, 6.07) is 0. The van der Waals surface area contributed by atoms with Crippen LogP contribution in [0.4, 0.5) is 0 Å². The molecule has 9 atom stereocenters. The zero-order chi connectivity index (χ0) is 25.7. The van der Waals surface area contributed by atoms with Gasteiger partial charge in [0.1, 0.15) is 0 Å². The van der Waals surface area contributed by atoms with Crippen molar-refractivity contribution in [3.63, 3.8) is 0 Å². The lowest BCUT2D eigenvalue weighted by Crippen LogP contribution is -2.66. The van der Waals surface area contributed by atoms with E-state index in [0.717, 1.165) is 64.2 Å². The Bertz CT molecular complexity index is 923. The summed E-state index contributed by atoms with van der Waals surface area (Å²) in [6.45, 7) is 14.5. The highest BCUT2D eigenvalue weighted by atomic mass is 16.5. The van der Waals surface area contributed by atoms with Crippen molar-refractivity contribution in [3.8, 4) is 0 Å². The third kappa shape index (κ3) is 3.14. The average molecular weight is 487 g/mol. The zero-order valence-electron chi connectivity index (χ0n) is 23.4. The number of carbonyl (C=O) groups excluding carboxylic acids is 1. The number of hydrogen-bond donors (Lipinski definition) is 2. The van der Waals surface area contributed by atoms with E-state index in [-0.39, 0.29) is 45.6 Å². The van der Waals surface area contributed by atoms with E-state index >= 15 is 0 Å². The minimum Gasteiger partial charge on any atom is -0.469 e. The van der Waals surface area contributed by atoms with Crippen molar-refractivity contribution >= 4 is 5.97 Å². The maximum atomic E-state index is 13.4. The molecule has 198 valence electrons. The van der Waals surface area contributed by atoms with E-state index in [2.05, 4.69) is 47.6 Å². The predicted molar refractivity (Wildman–Crippen MR) is 138 cm³/mol. The van der Waals surface area contributed by atoms with Gasteiger partial charge in [0.15, 0.2) is 0 Å². The van der Waals surface area contributed by atoms with E-state index in [1.54, 1.807) is 12.7 Å². The maximum Gasteiger partial charge on any atom is 0.312 e. The first kappa shape index (κ1) is 25.8. The normalized spacial score (nSPS) is 52.8. The number of allylic oxidation sites excluding steroid dienone is 2. The summed E-state index contributed by atoms with van der Waals surface area (Å²) >= 11 is 0. The van der Waals surface area contributed by atoms with Crippen LogP contribution in [-0.2, 0) is 9.53 Å². The molecular formula is C31H50O4. The fraction of sp³-hybridized carbons (Fsp3) is 0.903. The summed E-state index contributed by atoms with van der Waals surface area (Å²) < 4.78 is 5.48. The van der Waals surface area contributed by atoms with Gasteiger partial charge in [0.05, 0.1) is 25.2 Å². The van der Waals surface area contributed by atoms with Gasteiger partial charge in [0, 0.05) is 5.41 Å². The number of rotatable bonds is 2. The first-order valence-corrected chi connectivity index (χ1v) is 14.3. The van der Waals surface area contributed by atoms with E-state index in [1.165, 1.54) is 0 Å². The second-order valence-corrected chi connectivity index (χ2v) is 15.1. The average Bonchev–Trinajstić information content (AvgIpc) is 2.81. The molecule has 0 spiro atoms. The molecule has 5 aliphatic carbocycles. The molecule has 0 aromatic heterocycles. The van der Waals surface area contributed by atoms with Crippen molar-refractivity contribution in [2.45, 2.75) is 112 Å². The fourth-order valence-electron chi connectivity index (χ4n) is 10.8. The summed E-state index contributed by atoms with van der Waals surface area (Å²) in [5, 5.41) is 21.4. The Morgan fingerprint density at radius 3 is 2.31 bits per heavy atom. The number of fused-ring (bicyclic) bond motifs is 7. The highest BCUT2D eigenvalue weighted by molar-refractivity contribution is 5.78. The van der Waals surface area contributed by atoms with Gasteiger partial charge in [-0.3, -0.25) is 4.79 Å². The molecule has 1 unspecified atom stereocenters. The summed E-state index contributed by atoms with van der Waals surface area (Å²) in [7, 11) is 1.58. The largest absolute Gasteiger partial charge is 0.469 e. The van der Waals surface area contributed by atoms with E-state index in [0.29, 0.717) is 11.8 Å². The molecule has 5 rings (SSSR count). The van der Waals surface area contributed by atoms with Gasteiger partial charge >= 0.3 is 5.97 Å². The number of ether oxygens (including phenoxy) is 1. The first-order chi connectivity index (χ1) is 16.2. The maximum absolute atomic E-state index is 13.4. The Morgan fingerprint density at radius 1 is 0.971 bits per heavy atom. The molecular weight excluding hydrogens is 436 g/mol. The second kappa shape index (κ2) is 7.82. The number of aliphatic hydroxyl groups is 2. The Morgan fingerprint density at radius 2 is 1.66 bits per heavy atom. The van der Waals surface area contributed by atoms with Gasteiger partial charge < -0.3 is 14.9 Å². The molecule has 0 radical (unpaired) electrons. The van der Waals surface area contributed by atoms with Crippen molar-refractivity contribution in [3.05, 3.63) is 11.6 Å². The molecule has 2 N–H and O–H groups in total. The number of esters is 1. The standard InChI is InChI=1S/C31H50O4/c1-26(2)14-16-31(25(34)35-7)17-15-29(5)20(21(31)18-26)8-9-23-27(3)12-11-24(33)28(4,19-32)22(27)10-13-30(23,29)6/h8,21-24,32-33H,9-19H2,1-7H3/t21-,22+,23+,24?,27-,28-,29+,30+,31-/m0/s1. The first-order valence-electron chi connectivity index (χ1n) is 14.3. The van der Waals surface area contributed by atoms with E-state index in [9.17, 15) is 15.0 Å². The Labute approximate surface area is 213 Å². The summed E-state index contributed by atoms with van der Waals surface area (Å²) in [5.41, 5.74) is 1.37. The van der Waals surface area contributed by atoms with Gasteiger partial charge in [0.25, 0.3) is 0 Å². The minimum atomic E-state index is -0.417. The van der Waals surface area contributed by atoms with Crippen LogP contribution in [0.1, 0.15) is 106 Å². The van der Waals surface area contributed by atoms with Crippen LogP contribution in [-0.4, -0.2) is 36.0 Å². The van der Waals surface area contributed by atoms with Crippen LogP contribution in [0.5, 0.6) is 0 Å². The van der Waals surface area contributed by atoms with Gasteiger partial charge in [-0.25, -0.2) is 0 Å². The molecule has 4 heteroatoms. The van der Waals surface area contributed by atoms with E-state index < -0.39 is 11.5 Å². The molecule has 0 amide bonds. The van der Waals surface area contributed by atoms with E-state index in [4.69, 9.17) is 4.74 Å². The quantitative estimate of drug-likeness (QED) is 0.355. The minimum absolute atomic E-state index is 0.0175. The Kier molecular flexibility index (Phi) is 5.76. The molecule has 0 aromatic rings. The third-order valence-electron chi connectivity index (χ3n) is 13.3. The topological polar surface area (TPSA) is 66.8 Å². The molecule has 0 saturated heterocycles. The van der Waals surface area contributed by atoms with Gasteiger partial charge in [-0.05, 0) is 104 Å². The Hall–Kier alpha value is -0.870. The molecule has 35 heavy (non-hydrogen) atoms. The molecule has 4 saturated carbocycles. The van der Waals surface area contributed by atoms with Crippen LogP contribution in [0.25, 0.3) is 0 Å². The Balaban J connectivity index is 1.59. The van der Waals surface area contributed by atoms with Crippen molar-refractivity contribution in [2.24, 2.45) is 50.2 Å². The molecule has 0 heterocycles. The van der Waals surface area contributed by atoms with Crippen LogP contribution in [0.3, 0.4) is 0 Å². The van der Waals surface area contributed by atoms with Gasteiger partial charge in [-0.1, -0.05) is 53.2 Å². The van der Waals surface area contributed by atoms with Crippen molar-refractivity contribution in [1.29, 1.82) is 0 Å². The van der Waals surface area contributed by atoms with Gasteiger partial charge in [-0.15, -0.1) is 0 Å². The van der Waals surface area contributed by atoms with Crippen molar-refractivity contribution < 1.29 is 19.7 Å². The lowest BCUT2D eigenvalue weighted by Gasteiger charge is -2.71. The summed E-state index contributed by atoms with van der Waals surface area (Å²) in [5.74, 6) is 1.16. The monoisotopic (exact) mass is 486 g/mol. The summed E-state index contributed by atoms with van der Waals surface area (Å²) in [4.78, 5) is 13.4. The summed E-state index contributed by atoms with van der Waals surface area (Å²) in [6.07, 6.45) is 12.3. The van der Waals surface area contributed by atoms with Gasteiger partial charge in [-0.2, -0.15) is 0 Å².